The molecule has 1 atom stereocenters. The van der Waals surface area contributed by atoms with E-state index >= 15 is 0 Å². The fraction of sp³-hybridized carbons (Fsp3) is 0.478. The summed E-state index contributed by atoms with van der Waals surface area (Å²) >= 11 is 0. The van der Waals surface area contributed by atoms with Crippen molar-refractivity contribution in [1.82, 2.24) is 0 Å². The van der Waals surface area contributed by atoms with Gasteiger partial charge in [-0.1, -0.05) is 82.9 Å². The molecule has 0 spiro atoms. The van der Waals surface area contributed by atoms with E-state index in [2.05, 4.69) is 51.1 Å². The van der Waals surface area contributed by atoms with Crippen LogP contribution in [-0.2, 0) is 6.42 Å². The van der Waals surface area contributed by atoms with Crippen molar-refractivity contribution in [1.29, 1.82) is 0 Å². The van der Waals surface area contributed by atoms with Gasteiger partial charge in [-0.3, -0.25) is 0 Å². The Bertz CT molecular complexity index is 630. The van der Waals surface area contributed by atoms with Crippen molar-refractivity contribution in [2.45, 2.75) is 71.6 Å². The van der Waals surface area contributed by atoms with E-state index in [1.807, 2.05) is 12.1 Å². The summed E-state index contributed by atoms with van der Waals surface area (Å²) in [5.41, 5.74) is 4.87. The molecular weight excluding hydrogens is 292 g/mol. The van der Waals surface area contributed by atoms with Gasteiger partial charge in [-0.2, -0.15) is 0 Å². The summed E-state index contributed by atoms with van der Waals surface area (Å²) < 4.78 is 0. The van der Waals surface area contributed by atoms with E-state index in [0.717, 1.165) is 18.4 Å². The summed E-state index contributed by atoms with van der Waals surface area (Å²) in [7, 11) is 0. The smallest absolute Gasteiger partial charge is 0.123 e. The Hall–Kier alpha value is -1.76. The summed E-state index contributed by atoms with van der Waals surface area (Å²) in [6, 6.07) is 14.6. The monoisotopic (exact) mass is 324 g/mol. The zero-order chi connectivity index (χ0) is 17.4. The van der Waals surface area contributed by atoms with Crippen LogP contribution in [0, 0.1) is 0 Å². The first kappa shape index (κ1) is 18.6. The van der Waals surface area contributed by atoms with Crippen LogP contribution in [0.5, 0.6) is 5.75 Å². The van der Waals surface area contributed by atoms with Gasteiger partial charge in [-0.15, -0.1) is 0 Å². The van der Waals surface area contributed by atoms with Gasteiger partial charge in [0.2, 0.25) is 0 Å². The minimum absolute atomic E-state index is 0.409. The van der Waals surface area contributed by atoms with E-state index < -0.39 is 0 Å². The van der Waals surface area contributed by atoms with Gasteiger partial charge in [0, 0.05) is 5.56 Å². The molecule has 2 aromatic carbocycles. The quantitative estimate of drug-likeness (QED) is 0.488. The van der Waals surface area contributed by atoms with Gasteiger partial charge < -0.3 is 5.11 Å². The molecule has 0 bridgehead atoms. The summed E-state index contributed by atoms with van der Waals surface area (Å²) in [4.78, 5) is 0. The minimum atomic E-state index is 0.409. The van der Waals surface area contributed by atoms with E-state index in [0.29, 0.717) is 11.7 Å². The fourth-order valence-corrected chi connectivity index (χ4v) is 3.38. The Morgan fingerprint density at radius 1 is 0.875 bits per heavy atom. The summed E-state index contributed by atoms with van der Waals surface area (Å²) in [5.74, 6) is 0.857. The van der Waals surface area contributed by atoms with E-state index in [9.17, 15) is 5.11 Å². The molecule has 0 aliphatic rings. The SMILES string of the molecule is CCCCCCCc1ccccc1-c1c(O)cccc1C(C)CC. The van der Waals surface area contributed by atoms with Crippen LogP contribution in [0.25, 0.3) is 11.1 Å². The molecule has 2 aromatic rings. The maximum Gasteiger partial charge on any atom is 0.123 e. The molecule has 0 heterocycles. The van der Waals surface area contributed by atoms with Crippen molar-refractivity contribution in [2.75, 3.05) is 0 Å². The number of benzene rings is 2. The molecule has 130 valence electrons. The standard InChI is InChI=1S/C23H32O/c1-4-6-7-8-9-13-19-14-10-11-15-21(19)23-20(18(3)5-2)16-12-17-22(23)24/h10-12,14-18,24H,4-9,13H2,1-3H3. The van der Waals surface area contributed by atoms with Crippen LogP contribution in [0.15, 0.2) is 42.5 Å². The molecule has 0 saturated heterocycles. The third-order valence-electron chi connectivity index (χ3n) is 5.05. The lowest BCUT2D eigenvalue weighted by atomic mass is 9.86. The summed E-state index contributed by atoms with van der Waals surface area (Å²) in [6.45, 7) is 6.70. The van der Waals surface area contributed by atoms with Crippen molar-refractivity contribution in [2.24, 2.45) is 0 Å². The second-order valence-corrected chi connectivity index (χ2v) is 6.87. The molecule has 0 aliphatic heterocycles. The molecular formula is C23H32O. The minimum Gasteiger partial charge on any atom is -0.507 e. The summed E-state index contributed by atoms with van der Waals surface area (Å²) in [6.07, 6.45) is 8.63. The van der Waals surface area contributed by atoms with Crippen molar-refractivity contribution >= 4 is 0 Å². The van der Waals surface area contributed by atoms with Gasteiger partial charge in [0.05, 0.1) is 0 Å². The number of hydrogen-bond acceptors (Lipinski definition) is 1. The first-order valence-corrected chi connectivity index (χ1v) is 9.59. The van der Waals surface area contributed by atoms with Crippen molar-refractivity contribution in [3.05, 3.63) is 53.6 Å². The lowest BCUT2D eigenvalue weighted by Crippen LogP contribution is -1.98. The number of aromatic hydroxyl groups is 1. The zero-order valence-electron chi connectivity index (χ0n) is 15.5. The average molecular weight is 325 g/mol. The van der Waals surface area contributed by atoms with Gasteiger partial charge in [0.1, 0.15) is 5.75 Å². The van der Waals surface area contributed by atoms with Crippen LogP contribution in [0.4, 0.5) is 0 Å². The van der Waals surface area contributed by atoms with Crippen LogP contribution >= 0.6 is 0 Å². The van der Waals surface area contributed by atoms with Gasteiger partial charge in [-0.25, -0.2) is 0 Å². The van der Waals surface area contributed by atoms with Crippen molar-refractivity contribution < 1.29 is 5.11 Å². The fourth-order valence-electron chi connectivity index (χ4n) is 3.38. The highest BCUT2D eigenvalue weighted by Crippen LogP contribution is 2.39. The highest BCUT2D eigenvalue weighted by molar-refractivity contribution is 5.77. The van der Waals surface area contributed by atoms with E-state index in [-0.39, 0.29) is 0 Å². The molecule has 24 heavy (non-hydrogen) atoms. The molecule has 1 N–H and O–H groups in total. The number of unbranched alkanes of at least 4 members (excludes halogenated alkanes) is 4. The number of hydrogen-bond donors (Lipinski definition) is 1. The molecule has 0 aromatic heterocycles. The molecule has 0 fully saturated rings. The zero-order valence-corrected chi connectivity index (χ0v) is 15.5. The summed E-state index contributed by atoms with van der Waals surface area (Å²) in [5, 5.41) is 10.6. The molecule has 1 nitrogen and oxygen atoms in total. The Morgan fingerprint density at radius 2 is 1.62 bits per heavy atom. The van der Waals surface area contributed by atoms with E-state index in [4.69, 9.17) is 0 Å². The second kappa shape index (κ2) is 9.52. The maximum absolute atomic E-state index is 10.6. The highest BCUT2D eigenvalue weighted by atomic mass is 16.3. The Kier molecular flexibility index (Phi) is 7.36. The van der Waals surface area contributed by atoms with E-state index in [1.54, 1.807) is 0 Å². The molecule has 0 aliphatic carbocycles. The predicted molar refractivity (Wildman–Crippen MR) is 105 cm³/mol. The van der Waals surface area contributed by atoms with Gasteiger partial charge in [-0.05, 0) is 47.9 Å². The van der Waals surface area contributed by atoms with Crippen LogP contribution in [0.3, 0.4) is 0 Å². The number of phenolic OH excluding ortho intramolecular Hbond substituents is 1. The van der Waals surface area contributed by atoms with Gasteiger partial charge >= 0.3 is 0 Å². The van der Waals surface area contributed by atoms with E-state index in [1.165, 1.54) is 48.8 Å². The molecule has 2 rings (SSSR count). The Labute approximate surface area is 147 Å². The number of aryl methyl sites for hydroxylation is 1. The largest absolute Gasteiger partial charge is 0.507 e. The molecule has 0 radical (unpaired) electrons. The van der Waals surface area contributed by atoms with Crippen LogP contribution < -0.4 is 0 Å². The average Bonchev–Trinajstić information content (AvgIpc) is 2.61. The van der Waals surface area contributed by atoms with Gasteiger partial charge in [0.15, 0.2) is 0 Å². The number of phenols is 1. The normalized spacial score (nSPS) is 12.3. The number of rotatable bonds is 9. The van der Waals surface area contributed by atoms with Crippen molar-refractivity contribution in [3.8, 4) is 16.9 Å². The van der Waals surface area contributed by atoms with Crippen molar-refractivity contribution in [3.63, 3.8) is 0 Å². The molecule has 1 unspecified atom stereocenters. The van der Waals surface area contributed by atoms with Gasteiger partial charge in [0.25, 0.3) is 0 Å². The Balaban J connectivity index is 2.29. The third kappa shape index (κ3) is 4.63. The lowest BCUT2D eigenvalue weighted by molar-refractivity contribution is 0.476. The first-order chi connectivity index (χ1) is 11.7. The topological polar surface area (TPSA) is 20.2 Å². The van der Waals surface area contributed by atoms with Crippen LogP contribution in [0.1, 0.15) is 76.3 Å². The maximum atomic E-state index is 10.6. The Morgan fingerprint density at radius 3 is 2.38 bits per heavy atom. The molecule has 1 heteroatoms. The first-order valence-electron chi connectivity index (χ1n) is 9.59. The van der Waals surface area contributed by atoms with Crippen LogP contribution in [0.2, 0.25) is 0 Å². The predicted octanol–water partition coefficient (Wildman–Crippen LogP) is 7.09. The van der Waals surface area contributed by atoms with Crippen LogP contribution in [-0.4, -0.2) is 5.11 Å². The second-order valence-electron chi connectivity index (χ2n) is 6.87. The third-order valence-corrected chi connectivity index (χ3v) is 5.05. The highest BCUT2D eigenvalue weighted by Gasteiger charge is 2.16. The lowest BCUT2D eigenvalue weighted by Gasteiger charge is -2.19. The molecule has 0 amide bonds. The molecule has 0 saturated carbocycles.